The molecule has 1 aromatic heterocycles. The first-order chi connectivity index (χ1) is 12.3. The summed E-state index contributed by atoms with van der Waals surface area (Å²) in [6, 6.07) is 1.65. The van der Waals surface area contributed by atoms with Gasteiger partial charge in [-0.15, -0.1) is 4.91 Å². The van der Waals surface area contributed by atoms with E-state index in [1.54, 1.807) is 17.7 Å². The third-order valence-electron chi connectivity index (χ3n) is 5.32. The summed E-state index contributed by atoms with van der Waals surface area (Å²) in [6.07, 6.45) is 2.47. The van der Waals surface area contributed by atoms with E-state index in [1.807, 2.05) is 24.8 Å². The molecule has 0 spiro atoms. The highest BCUT2D eigenvalue weighted by Gasteiger charge is 2.30. The average molecular weight is 356 g/mol. The van der Waals surface area contributed by atoms with Gasteiger partial charge in [-0.2, -0.15) is 0 Å². The number of hydrogen-bond donors (Lipinski definition) is 0. The molecule has 2 aliphatic rings. The smallest absolute Gasteiger partial charge is 0.333 e. The molecule has 0 aromatic carbocycles. The lowest BCUT2D eigenvalue weighted by molar-refractivity contribution is -0.128. The van der Waals surface area contributed by atoms with Crippen LogP contribution in [0, 0.1) is 4.91 Å². The van der Waals surface area contributed by atoms with Gasteiger partial charge in [0.15, 0.2) is 0 Å². The first-order valence-corrected chi connectivity index (χ1v) is 8.81. The first-order valence-electron chi connectivity index (χ1n) is 8.81. The topological polar surface area (TPSA) is 75.0 Å². The Kier molecular flexibility index (Phi) is 4.80. The van der Waals surface area contributed by atoms with Gasteiger partial charge in [0.1, 0.15) is 5.69 Å². The molecular formula is C19H24N4O3. The molecular weight excluding hydrogens is 332 g/mol. The number of allylic oxidation sites excluding steroid dienone is 1. The third-order valence-corrected chi connectivity index (χ3v) is 5.32. The Morgan fingerprint density at radius 1 is 1.19 bits per heavy atom. The van der Waals surface area contributed by atoms with Crippen molar-refractivity contribution in [2.45, 2.75) is 26.2 Å². The normalized spacial score (nSPS) is 19.7. The van der Waals surface area contributed by atoms with E-state index in [-0.39, 0.29) is 17.5 Å². The van der Waals surface area contributed by atoms with Crippen molar-refractivity contribution in [2.24, 2.45) is 12.2 Å². The molecule has 1 unspecified atom stereocenters. The first kappa shape index (κ1) is 18.1. The van der Waals surface area contributed by atoms with Gasteiger partial charge in [0.2, 0.25) is 5.91 Å². The molecule has 7 heteroatoms. The van der Waals surface area contributed by atoms with Gasteiger partial charge in [-0.1, -0.05) is 13.5 Å². The molecule has 138 valence electrons. The molecule has 1 atom stereocenters. The lowest BCUT2D eigenvalue weighted by Crippen LogP contribution is -2.48. The van der Waals surface area contributed by atoms with E-state index in [0.717, 1.165) is 35.6 Å². The number of piperazine rings is 1. The summed E-state index contributed by atoms with van der Waals surface area (Å²) >= 11 is 0. The van der Waals surface area contributed by atoms with Crippen LogP contribution in [0.2, 0.25) is 0 Å². The summed E-state index contributed by atoms with van der Waals surface area (Å²) < 4.78 is 1.72. The van der Waals surface area contributed by atoms with Crippen molar-refractivity contribution in [3.05, 3.63) is 45.8 Å². The van der Waals surface area contributed by atoms with E-state index in [1.165, 1.54) is 0 Å². The van der Waals surface area contributed by atoms with Gasteiger partial charge >= 0.3 is 5.91 Å². The van der Waals surface area contributed by atoms with Gasteiger partial charge in [-0.05, 0) is 31.1 Å². The quantitative estimate of drug-likeness (QED) is 0.780. The molecule has 26 heavy (non-hydrogen) atoms. The summed E-state index contributed by atoms with van der Waals surface area (Å²) in [5, 5.41) is 2.52. The fourth-order valence-electron chi connectivity index (χ4n) is 3.94. The minimum atomic E-state index is -0.786. The lowest BCUT2D eigenvalue weighted by atomic mass is 9.88. The highest BCUT2D eigenvalue weighted by molar-refractivity contribution is 6.00. The maximum Gasteiger partial charge on any atom is 0.333 e. The average Bonchev–Trinajstić information content (AvgIpc) is 2.97. The molecule has 0 N–H and O–H groups in total. The van der Waals surface area contributed by atoms with Gasteiger partial charge in [-0.25, -0.2) is 0 Å². The number of hydrogen-bond acceptors (Lipinski definition) is 4. The molecule has 1 aliphatic carbocycles. The van der Waals surface area contributed by atoms with Crippen molar-refractivity contribution in [3.63, 3.8) is 0 Å². The van der Waals surface area contributed by atoms with Crippen molar-refractivity contribution in [1.82, 2.24) is 14.4 Å². The van der Waals surface area contributed by atoms with Crippen molar-refractivity contribution >= 4 is 17.9 Å². The number of nitroso groups, excluding NO2 is 1. The molecule has 7 nitrogen and oxygen atoms in total. The Hall–Kier alpha value is -2.70. The predicted octanol–water partition coefficient (Wildman–Crippen LogP) is 2.50. The van der Waals surface area contributed by atoms with Gasteiger partial charge < -0.3 is 14.4 Å². The lowest BCUT2D eigenvalue weighted by Gasteiger charge is -2.37. The maximum atomic E-state index is 12.9. The molecule has 0 radical (unpaired) electrons. The van der Waals surface area contributed by atoms with Crippen molar-refractivity contribution < 1.29 is 9.59 Å². The maximum absolute atomic E-state index is 12.9. The number of nitrogens with zero attached hydrogens (tertiary/aromatic N) is 4. The van der Waals surface area contributed by atoms with E-state index in [4.69, 9.17) is 0 Å². The van der Waals surface area contributed by atoms with Gasteiger partial charge in [0.25, 0.3) is 0 Å². The van der Waals surface area contributed by atoms with E-state index < -0.39 is 5.91 Å². The second kappa shape index (κ2) is 6.90. The second-order valence-corrected chi connectivity index (χ2v) is 7.11. The Balaban J connectivity index is 1.83. The van der Waals surface area contributed by atoms with Crippen LogP contribution in [-0.4, -0.2) is 52.4 Å². The van der Waals surface area contributed by atoms with Gasteiger partial charge in [-0.3, -0.25) is 9.59 Å². The van der Waals surface area contributed by atoms with Crippen LogP contribution in [0.25, 0.3) is 6.08 Å². The van der Waals surface area contributed by atoms with Crippen LogP contribution in [0.3, 0.4) is 0 Å². The Morgan fingerprint density at radius 2 is 1.81 bits per heavy atom. The van der Waals surface area contributed by atoms with E-state index in [2.05, 4.69) is 16.7 Å². The predicted molar refractivity (Wildman–Crippen MR) is 99.5 cm³/mol. The van der Waals surface area contributed by atoms with Crippen LogP contribution in [0.5, 0.6) is 0 Å². The van der Waals surface area contributed by atoms with E-state index >= 15 is 0 Å². The summed E-state index contributed by atoms with van der Waals surface area (Å²) in [5.74, 6) is -0.649. The number of carbonyl (C=O) groups is 2. The van der Waals surface area contributed by atoms with Gasteiger partial charge in [0, 0.05) is 61.3 Å². The zero-order chi connectivity index (χ0) is 19.0. The molecule has 1 fully saturated rings. The second-order valence-electron chi connectivity index (χ2n) is 7.11. The summed E-state index contributed by atoms with van der Waals surface area (Å²) in [4.78, 5) is 39.3. The monoisotopic (exact) mass is 356 g/mol. The van der Waals surface area contributed by atoms with Crippen molar-refractivity contribution in [2.75, 3.05) is 26.2 Å². The number of aromatic nitrogens is 1. The SMILES string of the molecule is C=C(C)N1CCN(C(=O)C2=Cc3cc(C(=O)N=O)n(C)c3C(C)C2)CC1. The summed E-state index contributed by atoms with van der Waals surface area (Å²) in [6.45, 7) is 10.9. The molecule has 0 saturated carbocycles. The molecule has 1 aliphatic heterocycles. The van der Waals surface area contributed by atoms with E-state index in [9.17, 15) is 14.5 Å². The highest BCUT2D eigenvalue weighted by atomic mass is 16.3. The molecule has 1 aromatic rings. The summed E-state index contributed by atoms with van der Waals surface area (Å²) in [7, 11) is 1.76. The largest absolute Gasteiger partial charge is 0.372 e. The van der Waals surface area contributed by atoms with Crippen LogP contribution in [0.4, 0.5) is 0 Å². The fraction of sp³-hybridized carbons (Fsp3) is 0.474. The van der Waals surface area contributed by atoms with Crippen LogP contribution in [0.15, 0.2) is 29.1 Å². The van der Waals surface area contributed by atoms with Crippen LogP contribution in [0.1, 0.15) is 47.9 Å². The van der Waals surface area contributed by atoms with Crippen molar-refractivity contribution in [1.29, 1.82) is 0 Å². The Morgan fingerprint density at radius 3 is 2.38 bits per heavy atom. The Labute approximate surface area is 152 Å². The highest BCUT2D eigenvalue weighted by Crippen LogP contribution is 2.36. The van der Waals surface area contributed by atoms with Crippen LogP contribution >= 0.6 is 0 Å². The number of carbonyl (C=O) groups excluding carboxylic acids is 2. The van der Waals surface area contributed by atoms with Crippen LogP contribution < -0.4 is 0 Å². The van der Waals surface area contributed by atoms with Crippen molar-refractivity contribution in [3.8, 4) is 0 Å². The minimum Gasteiger partial charge on any atom is -0.372 e. The summed E-state index contributed by atoms with van der Waals surface area (Å²) in [5.41, 5.74) is 3.81. The van der Waals surface area contributed by atoms with Crippen LogP contribution in [-0.2, 0) is 11.8 Å². The minimum absolute atomic E-state index is 0.0501. The standard InChI is InChI=1S/C19H24N4O3/c1-12(2)22-5-7-23(8-6-22)19(25)15-9-13(3)17-14(10-15)11-16(21(17)4)18(24)20-26/h10-11,13H,1,5-9H2,2-4H3. The van der Waals surface area contributed by atoms with Gasteiger partial charge in [0.05, 0.1) is 0 Å². The molecule has 3 rings (SSSR count). The zero-order valence-electron chi connectivity index (χ0n) is 15.5. The van der Waals surface area contributed by atoms with E-state index in [0.29, 0.717) is 19.5 Å². The third kappa shape index (κ3) is 3.09. The molecule has 0 bridgehead atoms. The Bertz CT molecular complexity index is 813. The molecule has 2 amide bonds. The fourth-order valence-corrected chi connectivity index (χ4v) is 3.94. The number of amides is 2. The number of fused-ring (bicyclic) bond motifs is 1. The zero-order valence-corrected chi connectivity index (χ0v) is 15.5. The molecule has 1 saturated heterocycles. The molecule has 2 heterocycles. The number of rotatable bonds is 3.